The van der Waals surface area contributed by atoms with E-state index >= 15 is 0 Å². The topological polar surface area (TPSA) is 155 Å². The highest BCUT2D eigenvalue weighted by atomic mass is 79.9. The van der Waals surface area contributed by atoms with Crippen molar-refractivity contribution in [1.82, 2.24) is 9.62 Å². The highest BCUT2D eigenvalue weighted by molar-refractivity contribution is 8.93. The summed E-state index contributed by atoms with van der Waals surface area (Å²) in [6.45, 7) is 2.94. The van der Waals surface area contributed by atoms with Gasteiger partial charge in [0.05, 0.1) is 23.1 Å². The molecule has 10 nitrogen and oxygen atoms in total. The molecule has 0 saturated carbocycles. The minimum absolute atomic E-state index is 0. The molecule has 0 aliphatic carbocycles. The van der Waals surface area contributed by atoms with Crippen molar-refractivity contribution in [1.29, 1.82) is 5.41 Å². The monoisotopic (exact) mass is 605 g/mol. The lowest BCUT2D eigenvalue weighted by Crippen LogP contribution is -2.52. The van der Waals surface area contributed by atoms with Crippen molar-refractivity contribution in [3.8, 4) is 0 Å². The van der Waals surface area contributed by atoms with Gasteiger partial charge in [-0.2, -0.15) is 4.72 Å². The van der Waals surface area contributed by atoms with Crippen molar-refractivity contribution in [2.45, 2.75) is 37.1 Å². The number of nitrogens with zero attached hydrogens (tertiary/aromatic N) is 2. The van der Waals surface area contributed by atoms with E-state index in [9.17, 15) is 18.0 Å². The normalized spacial score (nSPS) is 17.9. The van der Waals surface area contributed by atoms with Gasteiger partial charge in [0.1, 0.15) is 11.9 Å². The van der Waals surface area contributed by atoms with E-state index in [1.165, 1.54) is 19.2 Å². The Hall–Kier alpha value is -2.93. The Kier molecular flexibility index (Phi) is 9.24. The third kappa shape index (κ3) is 6.37. The number of aliphatic imine (C=N–C) groups is 1. The molecule has 0 aromatic heterocycles. The largest absolute Gasteiger partial charge is 0.468 e. The Morgan fingerprint density at radius 2 is 1.87 bits per heavy atom. The predicted octanol–water partition coefficient (Wildman–Crippen LogP) is 2.18. The number of ether oxygens (including phenoxy) is 1. The smallest absolute Gasteiger partial charge is 0.325 e. The first-order valence-electron chi connectivity index (χ1n) is 12.0. The van der Waals surface area contributed by atoms with E-state index in [0.29, 0.717) is 43.6 Å². The van der Waals surface area contributed by atoms with E-state index < -0.39 is 27.4 Å². The molecule has 0 bridgehead atoms. The lowest BCUT2D eigenvalue weighted by atomic mass is 9.75. The van der Waals surface area contributed by atoms with Gasteiger partial charge in [-0.1, -0.05) is 36.4 Å². The van der Waals surface area contributed by atoms with E-state index in [0.717, 1.165) is 11.1 Å². The second-order valence-corrected chi connectivity index (χ2v) is 11.3. The molecule has 204 valence electrons. The molecule has 2 aromatic rings. The zero-order chi connectivity index (χ0) is 26.8. The molecule has 1 saturated heterocycles. The molecule has 1 spiro atoms. The van der Waals surface area contributed by atoms with E-state index in [1.54, 1.807) is 31.2 Å². The molecule has 2 heterocycles. The number of nitrogen functional groups attached to an aromatic ring is 1. The summed E-state index contributed by atoms with van der Waals surface area (Å²) in [6, 6.07) is 12.5. The number of carbonyl (C=O) groups excluding carboxylic acids is 2. The van der Waals surface area contributed by atoms with Crippen LogP contribution in [-0.4, -0.2) is 69.5 Å². The van der Waals surface area contributed by atoms with Gasteiger partial charge in [0.25, 0.3) is 5.91 Å². The zero-order valence-corrected chi connectivity index (χ0v) is 23.8. The van der Waals surface area contributed by atoms with Gasteiger partial charge in [-0.15, -0.1) is 17.0 Å². The summed E-state index contributed by atoms with van der Waals surface area (Å²) in [5.74, 6) is -0.846. The highest BCUT2D eigenvalue weighted by Crippen LogP contribution is 2.41. The number of amides is 1. The minimum atomic E-state index is -3.94. The average molecular weight is 607 g/mol. The number of hydrogen-bond donors (Lipinski definition) is 3. The van der Waals surface area contributed by atoms with Crippen molar-refractivity contribution in [2.75, 3.05) is 26.7 Å². The van der Waals surface area contributed by atoms with Crippen molar-refractivity contribution in [3.05, 3.63) is 65.2 Å². The van der Waals surface area contributed by atoms with Gasteiger partial charge in [-0.05, 0) is 56.1 Å². The van der Waals surface area contributed by atoms with Crippen LogP contribution in [0.15, 0.2) is 58.4 Å². The molecule has 2 aliphatic rings. The van der Waals surface area contributed by atoms with Crippen LogP contribution in [0.1, 0.15) is 36.0 Å². The number of nitrogens with one attached hydrogen (secondary N) is 2. The molecule has 4 rings (SSSR count). The van der Waals surface area contributed by atoms with Crippen LogP contribution in [0, 0.1) is 17.7 Å². The van der Waals surface area contributed by atoms with Crippen molar-refractivity contribution >= 4 is 50.4 Å². The van der Waals surface area contributed by atoms with Crippen LogP contribution in [-0.2, 0) is 24.3 Å². The number of piperidine rings is 1. The number of benzene rings is 2. The Labute approximate surface area is 233 Å². The van der Waals surface area contributed by atoms with Gasteiger partial charge in [0, 0.05) is 18.5 Å². The first-order chi connectivity index (χ1) is 17.5. The minimum Gasteiger partial charge on any atom is -0.468 e. The van der Waals surface area contributed by atoms with Gasteiger partial charge in [-0.3, -0.25) is 15.0 Å². The first-order valence-corrected chi connectivity index (χ1v) is 13.5. The van der Waals surface area contributed by atoms with Gasteiger partial charge < -0.3 is 15.4 Å². The molecule has 1 atom stereocenters. The third-order valence-electron chi connectivity index (χ3n) is 7.06. The summed E-state index contributed by atoms with van der Waals surface area (Å²) in [6.07, 6.45) is 1.60. The fourth-order valence-electron chi connectivity index (χ4n) is 4.84. The number of sulfonamides is 1. The van der Waals surface area contributed by atoms with Crippen molar-refractivity contribution < 1.29 is 22.7 Å². The Bertz CT molecular complexity index is 1350. The second kappa shape index (κ2) is 11.9. The van der Waals surface area contributed by atoms with E-state index in [2.05, 4.69) is 9.71 Å². The number of carbonyl (C=O) groups is 2. The predicted molar refractivity (Wildman–Crippen MR) is 149 cm³/mol. The summed E-state index contributed by atoms with van der Waals surface area (Å²) in [7, 11) is -2.71. The number of nitrogens with two attached hydrogens (primary N) is 1. The summed E-state index contributed by atoms with van der Waals surface area (Å²) in [5, 5.41) is 7.53. The Morgan fingerprint density at radius 1 is 1.21 bits per heavy atom. The summed E-state index contributed by atoms with van der Waals surface area (Å²) in [5.41, 5.74) is 7.86. The number of halogens is 1. The fourth-order valence-corrected chi connectivity index (χ4v) is 6.12. The first kappa shape index (κ1) is 29.6. The lowest BCUT2D eigenvalue weighted by Gasteiger charge is -2.38. The maximum Gasteiger partial charge on any atom is 0.325 e. The number of likely N-dealkylation sites (tertiary alicyclic amines) is 1. The number of hydrogen-bond acceptors (Lipinski definition) is 7. The molecule has 4 N–H and O–H groups in total. The van der Waals surface area contributed by atoms with Gasteiger partial charge in [0.2, 0.25) is 10.0 Å². The van der Waals surface area contributed by atoms with Crippen molar-refractivity contribution in [3.63, 3.8) is 0 Å². The van der Waals surface area contributed by atoms with Gasteiger partial charge in [0.15, 0.2) is 0 Å². The fraction of sp³-hybridized carbons (Fsp3) is 0.385. The Balaban J connectivity index is 0.00000400. The maximum absolute atomic E-state index is 12.9. The highest BCUT2D eigenvalue weighted by Gasteiger charge is 2.46. The number of methoxy groups -OCH3 is 1. The molecular weight excluding hydrogens is 574 g/mol. The van der Waals surface area contributed by atoms with Crippen LogP contribution in [0.2, 0.25) is 0 Å². The van der Waals surface area contributed by atoms with Crippen LogP contribution in [0.5, 0.6) is 0 Å². The van der Waals surface area contributed by atoms with Crippen LogP contribution < -0.4 is 10.5 Å². The molecule has 1 amide bonds. The maximum atomic E-state index is 12.9. The molecule has 38 heavy (non-hydrogen) atoms. The molecule has 2 aromatic carbocycles. The SMILES string of the molecule is Br.COC(=O)C(CN1CCC2(CC1)CC(c1ccc(C(=N)N)cc1)=NC2=O)NS(=O)(=O)c1cccc(C)c1. The zero-order valence-electron chi connectivity index (χ0n) is 21.3. The molecule has 1 fully saturated rings. The molecular formula is C26H32BrN5O5S. The number of esters is 1. The number of rotatable bonds is 8. The van der Waals surface area contributed by atoms with Gasteiger partial charge in [-0.25, -0.2) is 13.4 Å². The quantitative estimate of drug-likeness (QED) is 0.236. The van der Waals surface area contributed by atoms with E-state index in [4.69, 9.17) is 15.9 Å². The summed E-state index contributed by atoms with van der Waals surface area (Å²) in [4.78, 5) is 31.8. The van der Waals surface area contributed by atoms with Crippen LogP contribution in [0.4, 0.5) is 0 Å². The summed E-state index contributed by atoms with van der Waals surface area (Å²) >= 11 is 0. The lowest BCUT2D eigenvalue weighted by molar-refractivity contribution is -0.143. The molecule has 0 radical (unpaired) electrons. The Morgan fingerprint density at radius 3 is 2.45 bits per heavy atom. The van der Waals surface area contributed by atoms with Crippen LogP contribution >= 0.6 is 17.0 Å². The summed E-state index contributed by atoms with van der Waals surface area (Å²) < 4.78 is 33.2. The average Bonchev–Trinajstić information content (AvgIpc) is 3.19. The van der Waals surface area contributed by atoms with Crippen LogP contribution in [0.25, 0.3) is 0 Å². The standard InChI is InChI=1S/C26H31N5O5S.BrH/c1-17-4-3-5-20(14-17)37(34,35)30-22(24(32)36-2)16-31-12-10-26(11-13-31)15-21(29-25(26)33)18-6-8-19(9-7-18)23(27)28;/h3-9,14,22,30H,10-13,15-16H2,1-2H3,(H3,27,28);1H. The third-order valence-corrected chi connectivity index (χ3v) is 8.53. The van der Waals surface area contributed by atoms with Crippen molar-refractivity contribution in [2.24, 2.45) is 16.1 Å². The number of amidine groups is 1. The van der Waals surface area contributed by atoms with Crippen LogP contribution in [0.3, 0.4) is 0 Å². The molecule has 12 heteroatoms. The molecule has 1 unspecified atom stereocenters. The van der Waals surface area contributed by atoms with Gasteiger partial charge >= 0.3 is 5.97 Å². The molecule has 2 aliphatic heterocycles. The second-order valence-electron chi connectivity index (χ2n) is 9.63. The van der Waals surface area contributed by atoms with E-state index in [1.807, 2.05) is 17.0 Å². The van der Waals surface area contributed by atoms with E-state index in [-0.39, 0.29) is 40.2 Å². The number of aryl methyl sites for hydroxylation is 1.